The molecule has 1 rings (SSSR count). The van der Waals surface area contributed by atoms with Gasteiger partial charge in [0.05, 0.1) is 0 Å². The van der Waals surface area contributed by atoms with Crippen molar-refractivity contribution in [2.45, 2.75) is 56.1 Å². The molecule has 0 aromatic heterocycles. The Labute approximate surface area is 99.8 Å². The van der Waals surface area contributed by atoms with Crippen LogP contribution < -0.4 is 11.1 Å². The van der Waals surface area contributed by atoms with E-state index in [2.05, 4.69) is 5.32 Å². The summed E-state index contributed by atoms with van der Waals surface area (Å²) in [5.74, 6) is -0.0921. The van der Waals surface area contributed by atoms with Crippen LogP contribution in [0.2, 0.25) is 0 Å². The molecule has 0 radical (unpaired) electrons. The highest BCUT2D eigenvalue weighted by Crippen LogP contribution is 2.18. The molecule has 16 heavy (non-hydrogen) atoms. The highest BCUT2D eigenvalue weighted by atomic mass is 32.2. The maximum absolute atomic E-state index is 11.9. The zero-order valence-corrected chi connectivity index (χ0v) is 10.9. The number of hydrogen-bond donors (Lipinski definition) is 2. The van der Waals surface area contributed by atoms with Gasteiger partial charge in [-0.3, -0.25) is 9.00 Å². The minimum Gasteiger partial charge on any atom is -0.352 e. The summed E-state index contributed by atoms with van der Waals surface area (Å²) in [6.45, 7) is 3.88. The molecule has 0 saturated heterocycles. The number of carbonyl (C=O) groups is 1. The Morgan fingerprint density at radius 2 is 2.00 bits per heavy atom. The third-order valence-electron chi connectivity index (χ3n) is 3.15. The van der Waals surface area contributed by atoms with Crippen molar-refractivity contribution in [2.75, 3.05) is 6.54 Å². The molecule has 4 nitrogen and oxygen atoms in total. The lowest BCUT2D eigenvalue weighted by Crippen LogP contribution is -2.43. The van der Waals surface area contributed by atoms with Gasteiger partial charge >= 0.3 is 0 Å². The van der Waals surface area contributed by atoms with Crippen molar-refractivity contribution < 1.29 is 9.00 Å². The van der Waals surface area contributed by atoms with Crippen LogP contribution in [-0.4, -0.2) is 33.2 Å². The van der Waals surface area contributed by atoms with Gasteiger partial charge in [0.15, 0.2) is 0 Å². The Hall–Kier alpha value is -0.420. The minimum atomic E-state index is -1.18. The number of nitrogens with one attached hydrogen (secondary N) is 1. The molecular formula is C11H22N2O2S. The molecule has 0 bridgehead atoms. The molecule has 1 aliphatic rings. The quantitative estimate of drug-likeness (QED) is 0.743. The zero-order valence-electron chi connectivity index (χ0n) is 10.1. The summed E-state index contributed by atoms with van der Waals surface area (Å²) < 4.78 is 11.9. The maximum Gasteiger partial charge on any atom is 0.235 e. The van der Waals surface area contributed by atoms with Crippen LogP contribution in [0.3, 0.4) is 0 Å². The van der Waals surface area contributed by atoms with E-state index in [0.29, 0.717) is 12.6 Å². The number of amides is 1. The number of nitrogens with two attached hydrogens (primary N) is 1. The lowest BCUT2D eigenvalue weighted by molar-refractivity contribution is -0.121. The van der Waals surface area contributed by atoms with Crippen LogP contribution in [-0.2, 0) is 15.6 Å². The summed E-state index contributed by atoms with van der Waals surface area (Å²) in [6.07, 6.45) is 4.47. The molecule has 3 N–H and O–H groups in total. The maximum atomic E-state index is 11.9. The number of carbonyl (C=O) groups excluding carboxylic acids is 1. The molecule has 3 atom stereocenters. The minimum absolute atomic E-state index is 0.0921. The van der Waals surface area contributed by atoms with Crippen LogP contribution in [0, 0.1) is 0 Å². The second-order valence-electron chi connectivity index (χ2n) is 4.51. The van der Waals surface area contributed by atoms with Crippen LogP contribution in [0.25, 0.3) is 0 Å². The molecule has 1 saturated carbocycles. The van der Waals surface area contributed by atoms with Crippen molar-refractivity contribution in [3.05, 3.63) is 0 Å². The number of hydrogen-bond acceptors (Lipinski definition) is 3. The predicted molar refractivity (Wildman–Crippen MR) is 66.5 cm³/mol. The first kappa shape index (κ1) is 13.6. The molecule has 3 unspecified atom stereocenters. The van der Waals surface area contributed by atoms with E-state index in [-0.39, 0.29) is 11.2 Å². The van der Waals surface area contributed by atoms with Crippen molar-refractivity contribution in [1.82, 2.24) is 5.32 Å². The summed E-state index contributed by atoms with van der Waals surface area (Å²) in [7, 11) is -1.18. The van der Waals surface area contributed by atoms with Gasteiger partial charge in [-0.05, 0) is 26.7 Å². The first-order chi connectivity index (χ1) is 7.56. The Morgan fingerprint density at radius 3 is 2.50 bits per heavy atom. The van der Waals surface area contributed by atoms with Gasteiger partial charge in [0.25, 0.3) is 0 Å². The third kappa shape index (κ3) is 3.56. The summed E-state index contributed by atoms with van der Waals surface area (Å²) >= 11 is 0. The van der Waals surface area contributed by atoms with E-state index in [0.717, 1.165) is 12.8 Å². The Bertz CT molecular complexity index is 265. The zero-order chi connectivity index (χ0) is 12.1. The first-order valence-electron chi connectivity index (χ1n) is 5.96. The summed E-state index contributed by atoms with van der Waals surface area (Å²) in [5, 5.41) is 2.39. The van der Waals surface area contributed by atoms with Crippen LogP contribution in [0.4, 0.5) is 0 Å². The van der Waals surface area contributed by atoms with Gasteiger partial charge in [0.2, 0.25) is 5.91 Å². The smallest absolute Gasteiger partial charge is 0.235 e. The van der Waals surface area contributed by atoms with Gasteiger partial charge in [0, 0.05) is 28.6 Å². The van der Waals surface area contributed by atoms with Gasteiger partial charge in [0.1, 0.15) is 5.25 Å². The first-order valence-corrected chi connectivity index (χ1v) is 7.23. The Balaban J connectivity index is 2.43. The molecule has 0 heterocycles. The van der Waals surface area contributed by atoms with E-state index in [9.17, 15) is 9.00 Å². The van der Waals surface area contributed by atoms with Crippen molar-refractivity contribution in [2.24, 2.45) is 5.73 Å². The van der Waals surface area contributed by atoms with E-state index in [1.54, 1.807) is 6.92 Å². The highest BCUT2D eigenvalue weighted by molar-refractivity contribution is 7.87. The molecule has 1 aliphatic carbocycles. The second kappa shape index (κ2) is 6.35. The fourth-order valence-corrected chi connectivity index (χ4v) is 3.10. The summed E-state index contributed by atoms with van der Waals surface area (Å²) in [4.78, 5) is 11.8. The molecule has 1 fully saturated rings. The van der Waals surface area contributed by atoms with Crippen molar-refractivity contribution in [3.8, 4) is 0 Å². The summed E-state index contributed by atoms with van der Waals surface area (Å²) in [6, 6.07) is 0.292. The summed E-state index contributed by atoms with van der Waals surface area (Å²) in [5.41, 5.74) is 5.45. The van der Waals surface area contributed by atoms with E-state index in [1.165, 1.54) is 12.8 Å². The molecule has 0 aromatic carbocycles. The van der Waals surface area contributed by atoms with Gasteiger partial charge in [-0.25, -0.2) is 0 Å². The SMILES string of the molecule is CC(CN)S(=O)C(C)C(=O)NC1CCCC1. The normalized spacial score (nSPS) is 22.7. The van der Waals surface area contributed by atoms with Crippen molar-refractivity contribution in [1.29, 1.82) is 0 Å². The van der Waals surface area contributed by atoms with Crippen LogP contribution in [0.5, 0.6) is 0 Å². The van der Waals surface area contributed by atoms with Crippen molar-refractivity contribution >= 4 is 16.7 Å². The largest absolute Gasteiger partial charge is 0.352 e. The Kier molecular flexibility index (Phi) is 5.41. The van der Waals surface area contributed by atoms with Gasteiger partial charge < -0.3 is 11.1 Å². The van der Waals surface area contributed by atoms with Gasteiger partial charge in [-0.1, -0.05) is 12.8 Å². The standard InChI is InChI=1S/C11H22N2O2S/c1-8(7-12)16(15)9(2)11(14)13-10-5-3-4-6-10/h8-10H,3-7,12H2,1-2H3,(H,13,14). The molecule has 1 amide bonds. The van der Waals surface area contributed by atoms with Crippen LogP contribution in [0.1, 0.15) is 39.5 Å². The van der Waals surface area contributed by atoms with E-state index in [1.807, 2.05) is 6.92 Å². The fraction of sp³-hybridized carbons (Fsp3) is 0.909. The van der Waals surface area contributed by atoms with E-state index in [4.69, 9.17) is 5.73 Å². The second-order valence-corrected chi connectivity index (χ2v) is 6.68. The molecule has 94 valence electrons. The van der Waals surface area contributed by atoms with E-state index >= 15 is 0 Å². The lowest BCUT2D eigenvalue weighted by atomic mass is 10.2. The fourth-order valence-electron chi connectivity index (χ4n) is 1.94. The van der Waals surface area contributed by atoms with Crippen LogP contribution >= 0.6 is 0 Å². The third-order valence-corrected chi connectivity index (χ3v) is 5.04. The molecule has 0 aromatic rings. The van der Waals surface area contributed by atoms with Crippen LogP contribution in [0.15, 0.2) is 0 Å². The van der Waals surface area contributed by atoms with E-state index < -0.39 is 16.0 Å². The highest BCUT2D eigenvalue weighted by Gasteiger charge is 2.26. The van der Waals surface area contributed by atoms with Gasteiger partial charge in [-0.2, -0.15) is 0 Å². The number of rotatable bonds is 5. The average Bonchev–Trinajstić information content (AvgIpc) is 2.78. The van der Waals surface area contributed by atoms with Crippen molar-refractivity contribution in [3.63, 3.8) is 0 Å². The monoisotopic (exact) mass is 246 g/mol. The topological polar surface area (TPSA) is 72.2 Å². The Morgan fingerprint density at radius 1 is 1.44 bits per heavy atom. The average molecular weight is 246 g/mol. The van der Waals surface area contributed by atoms with Gasteiger partial charge in [-0.15, -0.1) is 0 Å². The molecule has 5 heteroatoms. The molecule has 0 aliphatic heterocycles. The lowest BCUT2D eigenvalue weighted by Gasteiger charge is -2.18. The predicted octanol–water partition coefficient (Wildman–Crippen LogP) is 0.530. The molecular weight excluding hydrogens is 224 g/mol. The molecule has 0 spiro atoms.